The number of benzene rings is 8. The van der Waals surface area contributed by atoms with Crippen LogP contribution < -0.4 is 24.8 Å². The Labute approximate surface area is 453 Å². The van der Waals surface area contributed by atoms with Gasteiger partial charge in [0.25, 0.3) is 0 Å². The molecule has 0 N–H and O–H groups in total. The average molecular weight is 1070 g/mol. The minimum atomic E-state index is 0. The van der Waals surface area contributed by atoms with Crippen LogP contribution >= 0.6 is 0 Å². The number of hydrogen-bond donors (Lipinski definition) is 0. The van der Waals surface area contributed by atoms with Crippen LogP contribution in [0, 0.1) is 27.7 Å². The first kappa shape index (κ1) is 53.5. The Balaban J connectivity index is 0.000000166. The largest absolute Gasteiger partial charge is 2.00 e. The number of halogens is 2. The molecule has 0 fully saturated rings. The van der Waals surface area contributed by atoms with Crippen LogP contribution in [0.25, 0.3) is 87.6 Å². The smallest absolute Gasteiger partial charge is 1.00 e. The summed E-state index contributed by atoms with van der Waals surface area (Å²) in [5.74, 6) is 0. The van der Waals surface area contributed by atoms with Crippen molar-refractivity contribution >= 4 is 43.1 Å². The summed E-state index contributed by atoms with van der Waals surface area (Å²) >= 11 is 0. The van der Waals surface area contributed by atoms with Gasteiger partial charge in [-0.25, -0.2) is 0 Å². The molecule has 0 atom stereocenters. The fourth-order valence-electron chi connectivity index (χ4n) is 9.16. The van der Waals surface area contributed by atoms with Crippen molar-refractivity contribution in [1.82, 2.24) is 0 Å². The summed E-state index contributed by atoms with van der Waals surface area (Å²) in [7, 11) is 0. The van der Waals surface area contributed by atoms with Crippen molar-refractivity contribution in [3.8, 4) is 44.5 Å². The normalized spacial score (nSPS) is 10.2. The Kier molecular flexibility index (Phi) is 19.9. The fraction of sp³-hybridized carbons (Fsp3) is 0.0625. The van der Waals surface area contributed by atoms with Crippen molar-refractivity contribution in [2.75, 3.05) is 0 Å². The molecule has 0 aliphatic carbocycles. The first-order valence-electron chi connectivity index (χ1n) is 22.3. The van der Waals surface area contributed by atoms with Crippen LogP contribution in [0.15, 0.2) is 243 Å². The monoisotopic (exact) mass is 1070 g/mol. The molecule has 332 valence electrons. The minimum absolute atomic E-state index is 0. The van der Waals surface area contributed by atoms with Crippen LogP contribution in [0.3, 0.4) is 0 Å². The van der Waals surface area contributed by atoms with Gasteiger partial charge < -0.3 is 24.8 Å². The van der Waals surface area contributed by atoms with E-state index < -0.39 is 0 Å². The van der Waals surface area contributed by atoms with Gasteiger partial charge in [-0.2, -0.15) is 0 Å². The molecule has 0 aromatic heterocycles. The van der Waals surface area contributed by atoms with Crippen LogP contribution in [0.5, 0.6) is 0 Å². The second-order valence-electron chi connectivity index (χ2n) is 16.5. The summed E-state index contributed by atoms with van der Waals surface area (Å²) in [4.78, 5) is 0. The van der Waals surface area contributed by atoms with Crippen LogP contribution in [-0.4, -0.2) is 0 Å². The quantitative estimate of drug-likeness (QED) is 0.154. The average Bonchev–Trinajstić information content (AvgIpc) is 4.11. The van der Waals surface area contributed by atoms with E-state index in [1.165, 1.54) is 110 Å². The standard InChI is InChI=1S/4C16H13.2ClH.2Zr/c4*1-12-15-10-6-5-9-14(15)11-16(12)13-7-3-2-4-8-13;;;;/h4*2-11H,1H3;2*1H;;/q4*-1;;;2*+2/p-2. The van der Waals surface area contributed by atoms with E-state index in [0.717, 1.165) is 0 Å². The van der Waals surface area contributed by atoms with E-state index in [1.807, 2.05) is 0 Å². The van der Waals surface area contributed by atoms with E-state index in [4.69, 9.17) is 0 Å². The Morgan fingerprint density at radius 1 is 0.221 bits per heavy atom. The van der Waals surface area contributed by atoms with E-state index >= 15 is 0 Å². The third kappa shape index (κ3) is 11.9. The van der Waals surface area contributed by atoms with Crippen molar-refractivity contribution in [3.05, 3.63) is 265 Å². The summed E-state index contributed by atoms with van der Waals surface area (Å²) < 4.78 is 0. The summed E-state index contributed by atoms with van der Waals surface area (Å²) in [5, 5.41) is 10.8. The molecule has 4 heteroatoms. The molecule has 0 aliphatic heterocycles. The second-order valence-corrected chi connectivity index (χ2v) is 16.5. The predicted molar refractivity (Wildman–Crippen MR) is 279 cm³/mol. The maximum atomic E-state index is 2.28. The molecule has 0 radical (unpaired) electrons. The van der Waals surface area contributed by atoms with Gasteiger partial charge in [0.2, 0.25) is 0 Å². The zero-order valence-corrected chi connectivity index (χ0v) is 45.3. The summed E-state index contributed by atoms with van der Waals surface area (Å²) in [5.41, 5.74) is 16.1. The van der Waals surface area contributed by atoms with E-state index in [1.54, 1.807) is 0 Å². The Hall–Kier alpha value is -5.45. The van der Waals surface area contributed by atoms with Gasteiger partial charge in [-0.05, 0) is 0 Å². The van der Waals surface area contributed by atoms with Crippen LogP contribution in [0.4, 0.5) is 0 Å². The Morgan fingerprint density at radius 2 is 0.382 bits per heavy atom. The molecular weight excluding hydrogens is 1020 g/mol. The minimum Gasteiger partial charge on any atom is -1.00 e. The number of aryl methyl sites for hydroxylation is 4. The molecule has 0 saturated heterocycles. The van der Waals surface area contributed by atoms with Crippen molar-refractivity contribution in [2.24, 2.45) is 0 Å². The van der Waals surface area contributed by atoms with E-state index in [2.05, 4.69) is 270 Å². The molecule has 0 bridgehead atoms. The fourth-order valence-corrected chi connectivity index (χ4v) is 9.16. The maximum Gasteiger partial charge on any atom is 2.00 e. The molecule has 0 saturated carbocycles. The van der Waals surface area contributed by atoms with Crippen LogP contribution in [0.1, 0.15) is 22.3 Å². The molecule has 0 nitrogen and oxygen atoms in total. The van der Waals surface area contributed by atoms with E-state index in [0.29, 0.717) is 0 Å². The van der Waals surface area contributed by atoms with Crippen molar-refractivity contribution in [1.29, 1.82) is 0 Å². The summed E-state index contributed by atoms with van der Waals surface area (Å²) in [6, 6.07) is 85.6. The van der Waals surface area contributed by atoms with Crippen molar-refractivity contribution in [2.45, 2.75) is 27.7 Å². The van der Waals surface area contributed by atoms with Gasteiger partial charge in [0.1, 0.15) is 0 Å². The van der Waals surface area contributed by atoms with Crippen molar-refractivity contribution in [3.63, 3.8) is 0 Å². The molecular formula is C64H52Cl2Zr2-2. The second kappa shape index (κ2) is 25.2. The maximum absolute atomic E-state index is 2.28. The van der Waals surface area contributed by atoms with Gasteiger partial charge >= 0.3 is 52.4 Å². The topological polar surface area (TPSA) is 0 Å². The molecule has 0 heterocycles. The molecule has 0 unspecified atom stereocenters. The van der Waals surface area contributed by atoms with E-state index in [9.17, 15) is 0 Å². The number of hydrogen-bond acceptors (Lipinski definition) is 0. The Bertz CT molecular complexity index is 2950. The van der Waals surface area contributed by atoms with Gasteiger partial charge in [0.15, 0.2) is 0 Å². The zero-order chi connectivity index (χ0) is 43.8. The molecule has 12 aromatic rings. The molecule has 0 spiro atoms. The predicted octanol–water partition coefficient (Wildman–Crippen LogP) is 12.1. The van der Waals surface area contributed by atoms with Crippen LogP contribution in [-0.2, 0) is 52.4 Å². The number of fused-ring (bicyclic) bond motifs is 4. The van der Waals surface area contributed by atoms with Gasteiger partial charge in [0.05, 0.1) is 0 Å². The van der Waals surface area contributed by atoms with Crippen LogP contribution in [0.2, 0.25) is 0 Å². The summed E-state index contributed by atoms with van der Waals surface area (Å²) in [6.45, 7) is 8.80. The van der Waals surface area contributed by atoms with Gasteiger partial charge in [-0.1, -0.05) is 244 Å². The third-order valence-electron chi connectivity index (χ3n) is 12.6. The Morgan fingerprint density at radius 3 is 0.559 bits per heavy atom. The SMILES string of the molecule is C[c-]1c(-c2ccccc2)cc2ccccc21.C[c-]1c(-c2ccccc2)cc2ccccc21.C[c-]1c(-c2ccccc2)cc2ccccc21.C[c-]1c(-c2ccccc2)cc2ccccc21.[Cl-].[Cl-].[Zr+2].[Zr+2]. The molecule has 0 amide bonds. The molecule has 12 aromatic carbocycles. The molecule has 12 rings (SSSR count). The first-order chi connectivity index (χ1) is 31.4. The third-order valence-corrected chi connectivity index (χ3v) is 12.6. The van der Waals surface area contributed by atoms with Crippen molar-refractivity contribution < 1.29 is 77.2 Å². The van der Waals surface area contributed by atoms with E-state index in [-0.39, 0.29) is 77.2 Å². The number of rotatable bonds is 4. The van der Waals surface area contributed by atoms with Gasteiger partial charge in [-0.15, -0.1) is 136 Å². The van der Waals surface area contributed by atoms with Gasteiger partial charge in [0, 0.05) is 0 Å². The molecule has 68 heavy (non-hydrogen) atoms. The van der Waals surface area contributed by atoms with Gasteiger partial charge in [-0.3, -0.25) is 0 Å². The zero-order valence-electron chi connectivity index (χ0n) is 38.8. The molecule has 0 aliphatic rings. The first-order valence-corrected chi connectivity index (χ1v) is 22.3. The summed E-state index contributed by atoms with van der Waals surface area (Å²) in [6.07, 6.45) is 0.